The number of carboxylic acids is 1. The van der Waals surface area contributed by atoms with Crippen molar-refractivity contribution in [1.82, 2.24) is 4.90 Å². The number of anilines is 2. The number of aliphatic carboxylic acids is 1. The molecule has 1 fully saturated rings. The summed E-state index contributed by atoms with van der Waals surface area (Å²) in [6.45, 7) is 4.86. The second kappa shape index (κ2) is 5.27. The lowest BCUT2D eigenvalue weighted by Crippen LogP contribution is -2.51. The van der Waals surface area contributed by atoms with Crippen molar-refractivity contribution >= 4 is 17.3 Å². The molecule has 1 saturated heterocycles. The maximum absolute atomic E-state index is 10.9. The van der Waals surface area contributed by atoms with Gasteiger partial charge in [0.15, 0.2) is 0 Å². The Morgan fingerprint density at radius 3 is 2.44 bits per heavy atom. The highest BCUT2D eigenvalue weighted by molar-refractivity contribution is 5.73. The number of para-hydroxylation sites is 2. The third-order valence-electron chi connectivity index (χ3n) is 3.50. The van der Waals surface area contributed by atoms with Crippen LogP contribution in [0.1, 0.15) is 6.92 Å². The largest absolute Gasteiger partial charge is 0.480 e. The van der Waals surface area contributed by atoms with Crippen LogP contribution in [-0.4, -0.2) is 48.2 Å². The summed E-state index contributed by atoms with van der Waals surface area (Å²) < 4.78 is 0. The van der Waals surface area contributed by atoms with E-state index in [1.807, 2.05) is 29.2 Å². The van der Waals surface area contributed by atoms with Crippen LogP contribution in [0.25, 0.3) is 0 Å². The molecule has 0 bridgehead atoms. The molecule has 18 heavy (non-hydrogen) atoms. The SMILES string of the molecule is CC(C(=O)O)N1CCN(c2ccccc2N)CC1. The van der Waals surface area contributed by atoms with Crippen LogP contribution in [0.2, 0.25) is 0 Å². The molecule has 0 spiro atoms. The summed E-state index contributed by atoms with van der Waals surface area (Å²) in [6.07, 6.45) is 0. The Hall–Kier alpha value is -1.75. The smallest absolute Gasteiger partial charge is 0.320 e. The number of carbonyl (C=O) groups is 1. The molecule has 1 atom stereocenters. The van der Waals surface area contributed by atoms with E-state index in [1.54, 1.807) is 6.92 Å². The maximum atomic E-state index is 10.9. The van der Waals surface area contributed by atoms with Gasteiger partial charge in [0.2, 0.25) is 0 Å². The molecule has 0 aromatic heterocycles. The molecule has 98 valence electrons. The molecular formula is C13H19N3O2. The summed E-state index contributed by atoms with van der Waals surface area (Å²) in [7, 11) is 0. The van der Waals surface area contributed by atoms with E-state index in [-0.39, 0.29) is 0 Å². The highest BCUT2D eigenvalue weighted by Crippen LogP contribution is 2.23. The summed E-state index contributed by atoms with van der Waals surface area (Å²) >= 11 is 0. The van der Waals surface area contributed by atoms with E-state index >= 15 is 0 Å². The summed E-state index contributed by atoms with van der Waals surface area (Å²) in [5.74, 6) is -0.761. The van der Waals surface area contributed by atoms with Gasteiger partial charge in [-0.15, -0.1) is 0 Å². The summed E-state index contributed by atoms with van der Waals surface area (Å²) in [6, 6.07) is 7.37. The third kappa shape index (κ3) is 2.56. The van der Waals surface area contributed by atoms with Crippen molar-refractivity contribution in [2.24, 2.45) is 0 Å². The zero-order chi connectivity index (χ0) is 13.1. The zero-order valence-electron chi connectivity index (χ0n) is 10.5. The Balaban J connectivity index is 1.99. The Bertz CT molecular complexity index is 428. The van der Waals surface area contributed by atoms with Gasteiger partial charge >= 0.3 is 5.97 Å². The van der Waals surface area contributed by atoms with Gasteiger partial charge < -0.3 is 15.7 Å². The average Bonchev–Trinajstić information content (AvgIpc) is 2.38. The fourth-order valence-corrected chi connectivity index (χ4v) is 2.28. The Morgan fingerprint density at radius 2 is 1.89 bits per heavy atom. The molecule has 1 aromatic rings. The van der Waals surface area contributed by atoms with E-state index in [4.69, 9.17) is 10.8 Å². The van der Waals surface area contributed by atoms with Crippen LogP contribution in [0.4, 0.5) is 11.4 Å². The number of nitrogens with two attached hydrogens (primary N) is 1. The van der Waals surface area contributed by atoms with Crippen LogP contribution in [0.3, 0.4) is 0 Å². The van der Waals surface area contributed by atoms with E-state index in [2.05, 4.69) is 4.90 Å². The molecule has 1 aromatic carbocycles. The van der Waals surface area contributed by atoms with Gasteiger partial charge in [-0.1, -0.05) is 12.1 Å². The second-order valence-corrected chi connectivity index (χ2v) is 4.60. The van der Waals surface area contributed by atoms with E-state index in [0.717, 1.165) is 37.6 Å². The van der Waals surface area contributed by atoms with Gasteiger partial charge in [0.25, 0.3) is 0 Å². The monoisotopic (exact) mass is 249 g/mol. The molecule has 5 nitrogen and oxygen atoms in total. The minimum atomic E-state index is -0.761. The molecule has 2 rings (SSSR count). The van der Waals surface area contributed by atoms with Crippen molar-refractivity contribution in [3.63, 3.8) is 0 Å². The van der Waals surface area contributed by atoms with Crippen LogP contribution in [0.15, 0.2) is 24.3 Å². The van der Waals surface area contributed by atoms with Crippen LogP contribution in [0.5, 0.6) is 0 Å². The first-order valence-corrected chi connectivity index (χ1v) is 6.16. The highest BCUT2D eigenvalue weighted by atomic mass is 16.4. The molecule has 5 heteroatoms. The Morgan fingerprint density at radius 1 is 1.28 bits per heavy atom. The molecule has 0 aliphatic carbocycles. The van der Waals surface area contributed by atoms with Gasteiger partial charge in [0.05, 0.1) is 11.4 Å². The number of hydrogen-bond acceptors (Lipinski definition) is 4. The van der Waals surface area contributed by atoms with Gasteiger partial charge in [-0.3, -0.25) is 9.69 Å². The van der Waals surface area contributed by atoms with Crippen molar-refractivity contribution in [2.75, 3.05) is 36.8 Å². The molecule has 3 N–H and O–H groups in total. The molecule has 1 aliphatic heterocycles. The molecular weight excluding hydrogens is 230 g/mol. The van der Waals surface area contributed by atoms with Crippen molar-refractivity contribution in [3.05, 3.63) is 24.3 Å². The standard InChI is InChI=1S/C13H19N3O2/c1-10(13(17)18)15-6-8-16(9-7-15)12-5-3-2-4-11(12)14/h2-5,10H,6-9,14H2,1H3,(H,17,18). The fraction of sp³-hybridized carbons (Fsp3) is 0.462. The van der Waals surface area contributed by atoms with Crippen LogP contribution >= 0.6 is 0 Å². The number of hydrogen-bond donors (Lipinski definition) is 2. The summed E-state index contributed by atoms with van der Waals surface area (Å²) in [5, 5.41) is 8.99. The molecule has 1 aliphatic rings. The van der Waals surface area contributed by atoms with Gasteiger partial charge in [-0.2, -0.15) is 0 Å². The first kappa shape index (κ1) is 12.7. The minimum Gasteiger partial charge on any atom is -0.480 e. The number of rotatable bonds is 3. The molecule has 1 unspecified atom stereocenters. The van der Waals surface area contributed by atoms with Crippen LogP contribution in [0, 0.1) is 0 Å². The lowest BCUT2D eigenvalue weighted by atomic mass is 10.2. The number of benzene rings is 1. The van der Waals surface area contributed by atoms with Gasteiger partial charge in [0.1, 0.15) is 6.04 Å². The summed E-state index contributed by atoms with van der Waals surface area (Å²) in [5.41, 5.74) is 7.76. The molecule has 1 heterocycles. The fourth-order valence-electron chi connectivity index (χ4n) is 2.28. The first-order valence-electron chi connectivity index (χ1n) is 6.16. The lowest BCUT2D eigenvalue weighted by molar-refractivity contribution is -0.142. The van der Waals surface area contributed by atoms with Gasteiger partial charge in [-0.05, 0) is 19.1 Å². The molecule has 0 saturated carbocycles. The van der Waals surface area contributed by atoms with Crippen molar-refractivity contribution < 1.29 is 9.90 Å². The minimum absolute atomic E-state index is 0.416. The quantitative estimate of drug-likeness (QED) is 0.778. The highest BCUT2D eigenvalue weighted by Gasteiger charge is 2.25. The number of carboxylic acid groups (broad SMARTS) is 1. The Labute approximate surface area is 107 Å². The van der Waals surface area contributed by atoms with E-state index in [0.29, 0.717) is 0 Å². The topological polar surface area (TPSA) is 69.8 Å². The second-order valence-electron chi connectivity index (χ2n) is 4.60. The lowest BCUT2D eigenvalue weighted by Gasteiger charge is -2.38. The Kier molecular flexibility index (Phi) is 3.72. The van der Waals surface area contributed by atoms with Crippen LogP contribution < -0.4 is 10.6 Å². The molecule has 0 radical (unpaired) electrons. The predicted molar refractivity (Wildman–Crippen MR) is 71.7 cm³/mol. The number of piperazine rings is 1. The number of nitrogen functional groups attached to an aromatic ring is 1. The van der Waals surface area contributed by atoms with Gasteiger partial charge in [0, 0.05) is 26.2 Å². The van der Waals surface area contributed by atoms with Crippen LogP contribution in [-0.2, 0) is 4.79 Å². The van der Waals surface area contributed by atoms with E-state index in [1.165, 1.54) is 0 Å². The predicted octanol–water partition coefficient (Wildman–Crippen LogP) is 0.864. The maximum Gasteiger partial charge on any atom is 0.320 e. The normalized spacial score (nSPS) is 18.6. The average molecular weight is 249 g/mol. The summed E-state index contributed by atoms with van der Waals surface area (Å²) in [4.78, 5) is 15.1. The van der Waals surface area contributed by atoms with Gasteiger partial charge in [-0.25, -0.2) is 0 Å². The van der Waals surface area contributed by atoms with Crippen molar-refractivity contribution in [3.8, 4) is 0 Å². The van der Waals surface area contributed by atoms with Crippen molar-refractivity contribution in [1.29, 1.82) is 0 Å². The third-order valence-corrected chi connectivity index (χ3v) is 3.50. The first-order chi connectivity index (χ1) is 8.59. The van der Waals surface area contributed by atoms with E-state index in [9.17, 15) is 4.79 Å². The van der Waals surface area contributed by atoms with E-state index < -0.39 is 12.0 Å². The zero-order valence-corrected chi connectivity index (χ0v) is 10.5. The van der Waals surface area contributed by atoms with Crippen molar-refractivity contribution in [2.45, 2.75) is 13.0 Å². The number of nitrogens with zero attached hydrogens (tertiary/aromatic N) is 2. The molecule has 0 amide bonds.